The predicted octanol–water partition coefficient (Wildman–Crippen LogP) is 1.46. The summed E-state index contributed by atoms with van der Waals surface area (Å²) in [6.45, 7) is 9.62. The van der Waals surface area contributed by atoms with Crippen molar-refractivity contribution in [2.24, 2.45) is 5.41 Å². The molecule has 3 nitrogen and oxygen atoms in total. The summed E-state index contributed by atoms with van der Waals surface area (Å²) in [7, 11) is 0. The summed E-state index contributed by atoms with van der Waals surface area (Å²) in [5.74, 6) is -0.582. The summed E-state index contributed by atoms with van der Waals surface area (Å²) in [4.78, 5) is 0. The molecule has 0 amide bonds. The van der Waals surface area contributed by atoms with Crippen LogP contribution in [0, 0.1) is 5.41 Å². The molecule has 0 aromatic carbocycles. The first-order valence-electron chi connectivity index (χ1n) is 5.05. The van der Waals surface area contributed by atoms with Crippen molar-refractivity contribution in [1.29, 1.82) is 0 Å². The monoisotopic (exact) mass is 198 g/mol. The van der Waals surface area contributed by atoms with Crippen LogP contribution in [0.1, 0.15) is 27.2 Å². The van der Waals surface area contributed by atoms with Crippen molar-refractivity contribution in [1.82, 2.24) is 0 Å². The van der Waals surface area contributed by atoms with E-state index in [4.69, 9.17) is 9.47 Å². The number of ether oxygens (including phenoxy) is 2. The third-order valence-corrected chi connectivity index (χ3v) is 3.27. The van der Waals surface area contributed by atoms with Gasteiger partial charge in [0.1, 0.15) is 6.10 Å². The second-order valence-electron chi connectivity index (χ2n) is 5.00. The minimum atomic E-state index is -0.582. The summed E-state index contributed by atoms with van der Waals surface area (Å²) < 4.78 is 11.5. The van der Waals surface area contributed by atoms with Gasteiger partial charge in [0.15, 0.2) is 5.79 Å². The predicted molar refractivity (Wildman–Crippen MR) is 52.8 cm³/mol. The molecule has 14 heavy (non-hydrogen) atoms. The van der Waals surface area contributed by atoms with E-state index in [1.165, 1.54) is 0 Å². The second kappa shape index (κ2) is 2.81. The molecule has 4 atom stereocenters. The van der Waals surface area contributed by atoms with Gasteiger partial charge in [-0.25, -0.2) is 0 Å². The zero-order chi connectivity index (χ0) is 10.6. The van der Waals surface area contributed by atoms with Gasteiger partial charge in [-0.05, 0) is 20.3 Å². The smallest absolute Gasteiger partial charge is 0.163 e. The molecule has 2 rings (SSSR count). The Hall–Kier alpha value is -0.380. The summed E-state index contributed by atoms with van der Waals surface area (Å²) in [5.41, 5.74) is -0.169. The number of hydrogen-bond acceptors (Lipinski definition) is 3. The van der Waals surface area contributed by atoms with E-state index in [0.717, 1.165) is 0 Å². The average Bonchev–Trinajstić information content (AvgIpc) is 2.50. The van der Waals surface area contributed by atoms with Gasteiger partial charge < -0.3 is 14.6 Å². The lowest BCUT2D eigenvalue weighted by Gasteiger charge is -2.27. The molecule has 0 aromatic rings. The molecule has 1 unspecified atom stereocenters. The SMILES string of the molecule is C=C[C@@]1(C)CC(O)[C@@H]2OC(C)(C)O[C@@H]21. The van der Waals surface area contributed by atoms with E-state index in [0.29, 0.717) is 6.42 Å². The maximum Gasteiger partial charge on any atom is 0.163 e. The lowest BCUT2D eigenvalue weighted by atomic mass is 9.86. The molecular formula is C11H18O3. The number of aliphatic hydroxyl groups is 1. The normalized spacial score (nSPS) is 50.4. The molecule has 2 fully saturated rings. The van der Waals surface area contributed by atoms with Crippen LogP contribution in [0.2, 0.25) is 0 Å². The van der Waals surface area contributed by atoms with Crippen LogP contribution in [0.4, 0.5) is 0 Å². The van der Waals surface area contributed by atoms with Crippen molar-refractivity contribution in [3.63, 3.8) is 0 Å². The summed E-state index contributed by atoms with van der Waals surface area (Å²) in [6.07, 6.45) is 1.83. The maximum atomic E-state index is 9.85. The first-order chi connectivity index (χ1) is 6.38. The third-order valence-electron chi connectivity index (χ3n) is 3.27. The second-order valence-corrected chi connectivity index (χ2v) is 5.00. The molecule has 1 saturated heterocycles. The number of aliphatic hydroxyl groups excluding tert-OH is 1. The Morgan fingerprint density at radius 3 is 2.57 bits per heavy atom. The van der Waals surface area contributed by atoms with E-state index in [9.17, 15) is 5.11 Å². The zero-order valence-corrected chi connectivity index (χ0v) is 8.99. The summed E-state index contributed by atoms with van der Waals surface area (Å²) >= 11 is 0. The largest absolute Gasteiger partial charge is 0.390 e. The van der Waals surface area contributed by atoms with Crippen molar-refractivity contribution >= 4 is 0 Å². The van der Waals surface area contributed by atoms with Crippen LogP contribution in [0.25, 0.3) is 0 Å². The fourth-order valence-electron chi connectivity index (χ4n) is 2.46. The molecule has 0 bridgehead atoms. The van der Waals surface area contributed by atoms with Crippen molar-refractivity contribution in [2.75, 3.05) is 0 Å². The van der Waals surface area contributed by atoms with E-state index < -0.39 is 11.9 Å². The molecule has 1 heterocycles. The maximum absolute atomic E-state index is 9.85. The Kier molecular flexibility index (Phi) is 2.04. The van der Waals surface area contributed by atoms with Crippen LogP contribution >= 0.6 is 0 Å². The first-order valence-corrected chi connectivity index (χ1v) is 5.05. The number of fused-ring (bicyclic) bond motifs is 1. The molecule has 1 N–H and O–H groups in total. The molecule has 2 aliphatic rings. The van der Waals surface area contributed by atoms with Gasteiger partial charge in [0.25, 0.3) is 0 Å². The average molecular weight is 198 g/mol. The zero-order valence-electron chi connectivity index (χ0n) is 8.99. The lowest BCUT2D eigenvalue weighted by molar-refractivity contribution is -0.170. The Morgan fingerprint density at radius 2 is 2.00 bits per heavy atom. The van der Waals surface area contributed by atoms with E-state index in [2.05, 4.69) is 13.5 Å². The fourth-order valence-corrected chi connectivity index (χ4v) is 2.46. The number of rotatable bonds is 1. The van der Waals surface area contributed by atoms with Gasteiger partial charge >= 0.3 is 0 Å². The van der Waals surface area contributed by atoms with E-state index in [-0.39, 0.29) is 17.6 Å². The molecule has 1 saturated carbocycles. The highest BCUT2D eigenvalue weighted by Crippen LogP contribution is 2.49. The Balaban J connectivity index is 2.27. The Bertz CT molecular complexity index is 261. The van der Waals surface area contributed by atoms with E-state index in [1.54, 1.807) is 0 Å². The molecule has 80 valence electrons. The Morgan fingerprint density at radius 1 is 1.36 bits per heavy atom. The minimum Gasteiger partial charge on any atom is -0.390 e. The minimum absolute atomic E-state index is 0.0648. The van der Waals surface area contributed by atoms with E-state index in [1.807, 2.05) is 19.9 Å². The highest BCUT2D eigenvalue weighted by Gasteiger charge is 2.57. The van der Waals surface area contributed by atoms with Crippen LogP contribution < -0.4 is 0 Å². The van der Waals surface area contributed by atoms with Gasteiger partial charge in [-0.1, -0.05) is 13.0 Å². The highest BCUT2D eigenvalue weighted by atomic mass is 16.8. The summed E-state index contributed by atoms with van der Waals surface area (Å²) in [5, 5.41) is 9.85. The molecule has 1 aliphatic carbocycles. The molecule has 0 aromatic heterocycles. The van der Waals surface area contributed by atoms with Gasteiger partial charge in [0, 0.05) is 5.41 Å². The standard InChI is InChI=1S/C11H18O3/c1-5-11(4)6-7(12)8-9(11)14-10(2,3)13-8/h5,7-9,12H,1,6H2,2-4H3/t7?,8-,9-,11-/m0/s1. The number of hydrogen-bond donors (Lipinski definition) is 1. The van der Waals surface area contributed by atoms with Gasteiger partial charge in [-0.2, -0.15) is 0 Å². The van der Waals surface area contributed by atoms with Crippen LogP contribution in [-0.4, -0.2) is 29.2 Å². The summed E-state index contributed by atoms with van der Waals surface area (Å²) in [6, 6.07) is 0. The van der Waals surface area contributed by atoms with Crippen molar-refractivity contribution in [2.45, 2.75) is 51.3 Å². The quantitative estimate of drug-likeness (QED) is 0.648. The van der Waals surface area contributed by atoms with Crippen molar-refractivity contribution in [3.8, 4) is 0 Å². The topological polar surface area (TPSA) is 38.7 Å². The van der Waals surface area contributed by atoms with Gasteiger partial charge in [-0.15, -0.1) is 6.58 Å². The first kappa shape index (κ1) is 10.1. The van der Waals surface area contributed by atoms with Gasteiger partial charge in [0.05, 0.1) is 12.2 Å². The van der Waals surface area contributed by atoms with Crippen LogP contribution in [-0.2, 0) is 9.47 Å². The van der Waals surface area contributed by atoms with Crippen molar-refractivity contribution in [3.05, 3.63) is 12.7 Å². The molecule has 1 aliphatic heterocycles. The molecule has 0 spiro atoms. The molecule has 0 radical (unpaired) electrons. The van der Waals surface area contributed by atoms with E-state index >= 15 is 0 Å². The highest BCUT2D eigenvalue weighted by molar-refractivity contribution is 5.11. The third kappa shape index (κ3) is 1.31. The van der Waals surface area contributed by atoms with Crippen LogP contribution in [0.5, 0.6) is 0 Å². The Labute approximate surface area is 84.7 Å². The van der Waals surface area contributed by atoms with Crippen LogP contribution in [0.15, 0.2) is 12.7 Å². The van der Waals surface area contributed by atoms with Gasteiger partial charge in [0.2, 0.25) is 0 Å². The van der Waals surface area contributed by atoms with Crippen LogP contribution in [0.3, 0.4) is 0 Å². The van der Waals surface area contributed by atoms with Gasteiger partial charge in [-0.3, -0.25) is 0 Å². The lowest BCUT2D eigenvalue weighted by Crippen LogP contribution is -2.31. The van der Waals surface area contributed by atoms with Crippen molar-refractivity contribution < 1.29 is 14.6 Å². The molecular weight excluding hydrogens is 180 g/mol. The molecule has 3 heteroatoms. The fraction of sp³-hybridized carbons (Fsp3) is 0.818.